The Bertz CT molecular complexity index is 2110. The highest BCUT2D eigenvalue weighted by molar-refractivity contribution is 6.27. The molecule has 0 heteroatoms. The van der Waals surface area contributed by atoms with E-state index in [0.717, 1.165) is 0 Å². The molecule has 0 radical (unpaired) electrons. The summed E-state index contributed by atoms with van der Waals surface area (Å²) in [5, 5.41) is 10.5. The Balaban J connectivity index is 1.72. The molecule has 194 valence electrons. The SMILES string of the molecule is Cc1cc(C)c(-c2c3ccccc3ccc3cc4c(-c5c(C)cc(C)cc5C)c5ccccc5c4cc23)c(C)c1. The van der Waals surface area contributed by atoms with E-state index in [9.17, 15) is 0 Å². The van der Waals surface area contributed by atoms with Crippen LogP contribution in [0.5, 0.6) is 0 Å². The van der Waals surface area contributed by atoms with Crippen molar-refractivity contribution in [3.05, 3.63) is 130 Å². The maximum absolute atomic E-state index is 2.48. The molecular weight excluding hydrogens is 480 g/mol. The molecule has 0 aliphatic rings. The normalized spacial score (nSPS) is 11.8. The van der Waals surface area contributed by atoms with Gasteiger partial charge in [-0.2, -0.15) is 0 Å². The molecule has 0 saturated carbocycles. The average Bonchev–Trinajstić information content (AvgIpc) is 3.12. The average molecular weight is 515 g/mol. The minimum absolute atomic E-state index is 1.27. The third-order valence-electron chi connectivity index (χ3n) is 8.74. The van der Waals surface area contributed by atoms with Crippen LogP contribution in [0.25, 0.3) is 65.3 Å². The van der Waals surface area contributed by atoms with Gasteiger partial charge in [0.2, 0.25) is 0 Å². The van der Waals surface area contributed by atoms with Crippen LogP contribution < -0.4 is 0 Å². The van der Waals surface area contributed by atoms with E-state index in [1.54, 1.807) is 0 Å². The minimum Gasteiger partial charge on any atom is -0.0616 e. The molecule has 0 spiro atoms. The zero-order valence-electron chi connectivity index (χ0n) is 24.2. The Hall–Kier alpha value is -4.42. The molecule has 0 aromatic heterocycles. The van der Waals surface area contributed by atoms with Gasteiger partial charge in [-0.05, 0) is 141 Å². The van der Waals surface area contributed by atoms with Crippen LogP contribution in [0.3, 0.4) is 0 Å². The second kappa shape index (κ2) is 9.07. The van der Waals surface area contributed by atoms with Crippen LogP contribution in [-0.4, -0.2) is 0 Å². The first kappa shape index (κ1) is 24.6. The topological polar surface area (TPSA) is 0 Å². The smallest absolute Gasteiger partial charge is 0.00208 e. The summed E-state index contributed by atoms with van der Waals surface area (Å²) in [5.41, 5.74) is 13.4. The Morgan fingerprint density at radius 3 is 1.38 bits per heavy atom. The van der Waals surface area contributed by atoms with E-state index in [0.29, 0.717) is 0 Å². The van der Waals surface area contributed by atoms with Crippen molar-refractivity contribution in [1.82, 2.24) is 0 Å². The molecule has 0 bridgehead atoms. The van der Waals surface area contributed by atoms with Crippen LogP contribution in [0, 0.1) is 41.5 Å². The zero-order chi connectivity index (χ0) is 27.7. The maximum atomic E-state index is 2.48. The lowest BCUT2D eigenvalue weighted by Crippen LogP contribution is -1.92. The Morgan fingerprint density at radius 2 is 0.775 bits per heavy atom. The molecule has 0 aliphatic carbocycles. The second-order valence-corrected chi connectivity index (χ2v) is 11.7. The summed E-state index contributed by atoms with van der Waals surface area (Å²) in [6.45, 7) is 13.4. The molecular formula is C40H34. The van der Waals surface area contributed by atoms with Crippen molar-refractivity contribution in [2.45, 2.75) is 41.5 Å². The van der Waals surface area contributed by atoms with Crippen molar-refractivity contribution >= 4 is 43.1 Å². The third-order valence-corrected chi connectivity index (χ3v) is 8.74. The predicted octanol–water partition coefficient (Wildman–Crippen LogP) is 11.5. The lowest BCUT2D eigenvalue weighted by molar-refractivity contribution is 1.33. The van der Waals surface area contributed by atoms with Crippen molar-refractivity contribution in [1.29, 1.82) is 0 Å². The van der Waals surface area contributed by atoms with E-state index in [2.05, 4.69) is 139 Å². The van der Waals surface area contributed by atoms with E-state index in [4.69, 9.17) is 0 Å². The van der Waals surface area contributed by atoms with Gasteiger partial charge in [-0.25, -0.2) is 0 Å². The summed E-state index contributed by atoms with van der Waals surface area (Å²) < 4.78 is 0. The molecule has 0 amide bonds. The highest BCUT2D eigenvalue weighted by atomic mass is 14.2. The molecule has 0 heterocycles. The van der Waals surface area contributed by atoms with Gasteiger partial charge < -0.3 is 0 Å². The van der Waals surface area contributed by atoms with Crippen molar-refractivity contribution in [3.63, 3.8) is 0 Å². The van der Waals surface area contributed by atoms with Crippen LogP contribution in [0.15, 0.2) is 97.1 Å². The van der Waals surface area contributed by atoms with Crippen molar-refractivity contribution in [2.24, 2.45) is 0 Å². The molecule has 0 unspecified atom stereocenters. The Kier molecular flexibility index (Phi) is 5.58. The van der Waals surface area contributed by atoms with Gasteiger partial charge >= 0.3 is 0 Å². The largest absolute Gasteiger partial charge is 0.0616 e. The van der Waals surface area contributed by atoms with Gasteiger partial charge in [0.25, 0.3) is 0 Å². The minimum atomic E-state index is 1.27. The van der Waals surface area contributed by atoms with Crippen molar-refractivity contribution in [3.8, 4) is 22.3 Å². The first-order valence-electron chi connectivity index (χ1n) is 14.3. The molecule has 0 N–H and O–H groups in total. The fourth-order valence-corrected chi connectivity index (χ4v) is 7.36. The molecule has 0 aliphatic heterocycles. The van der Waals surface area contributed by atoms with Gasteiger partial charge in [-0.15, -0.1) is 0 Å². The highest BCUT2D eigenvalue weighted by Crippen LogP contribution is 2.47. The van der Waals surface area contributed by atoms with Gasteiger partial charge in [0, 0.05) is 0 Å². The Labute approximate surface area is 236 Å². The molecule has 0 atom stereocenters. The lowest BCUT2D eigenvalue weighted by Gasteiger charge is -2.15. The molecule has 40 heavy (non-hydrogen) atoms. The number of hydrogen-bond acceptors (Lipinski definition) is 0. The van der Waals surface area contributed by atoms with Crippen LogP contribution in [-0.2, 0) is 0 Å². The monoisotopic (exact) mass is 514 g/mol. The molecule has 0 saturated heterocycles. The number of hydrogen-bond donors (Lipinski definition) is 0. The zero-order valence-corrected chi connectivity index (χ0v) is 24.2. The summed E-state index contributed by atoms with van der Waals surface area (Å²) in [7, 11) is 0. The van der Waals surface area contributed by atoms with Gasteiger partial charge in [0.1, 0.15) is 0 Å². The standard InChI is InChI=1S/C40H34/c1-23-17-25(3)37(26(4)18-23)39-31-12-8-7-11-29(31)15-16-30-21-36-35(22-34(30)39)32-13-9-10-14-33(32)40(36)38-27(5)19-24(2)20-28(38)6/h7-22H,1-6H3. The van der Waals surface area contributed by atoms with Gasteiger partial charge in [0.05, 0.1) is 0 Å². The quantitative estimate of drug-likeness (QED) is 0.215. The molecule has 7 aromatic carbocycles. The van der Waals surface area contributed by atoms with Crippen LogP contribution in [0.4, 0.5) is 0 Å². The summed E-state index contributed by atoms with van der Waals surface area (Å²) in [4.78, 5) is 0. The van der Waals surface area contributed by atoms with E-state index < -0.39 is 0 Å². The van der Waals surface area contributed by atoms with E-state index >= 15 is 0 Å². The van der Waals surface area contributed by atoms with E-state index in [1.165, 1.54) is 98.7 Å². The fraction of sp³-hybridized carbons (Fsp3) is 0.150. The number of fused-ring (bicyclic) bond motifs is 5. The summed E-state index contributed by atoms with van der Waals surface area (Å²) >= 11 is 0. The molecule has 7 aromatic rings. The summed E-state index contributed by atoms with van der Waals surface area (Å²) in [6.07, 6.45) is 0. The number of aryl methyl sites for hydroxylation is 6. The molecule has 0 nitrogen and oxygen atoms in total. The van der Waals surface area contributed by atoms with Crippen molar-refractivity contribution < 1.29 is 0 Å². The maximum Gasteiger partial charge on any atom is -0.00208 e. The van der Waals surface area contributed by atoms with Gasteiger partial charge in [0.15, 0.2) is 0 Å². The first-order chi connectivity index (χ1) is 19.3. The van der Waals surface area contributed by atoms with Gasteiger partial charge in [-0.1, -0.05) is 96.1 Å². The number of benzene rings is 5. The van der Waals surface area contributed by atoms with Crippen molar-refractivity contribution in [2.75, 3.05) is 0 Å². The fourth-order valence-electron chi connectivity index (χ4n) is 7.36. The van der Waals surface area contributed by atoms with E-state index in [1.807, 2.05) is 0 Å². The van der Waals surface area contributed by atoms with E-state index in [-0.39, 0.29) is 0 Å². The molecule has 0 fully saturated rings. The summed E-state index contributed by atoms with van der Waals surface area (Å²) in [5.74, 6) is 0. The summed E-state index contributed by atoms with van der Waals surface area (Å²) in [6, 6.07) is 36.7. The lowest BCUT2D eigenvalue weighted by atomic mass is 9.88. The van der Waals surface area contributed by atoms with Crippen LogP contribution in [0.2, 0.25) is 0 Å². The molecule has 7 rings (SSSR count). The number of rotatable bonds is 2. The van der Waals surface area contributed by atoms with Crippen LogP contribution >= 0.6 is 0 Å². The predicted molar refractivity (Wildman–Crippen MR) is 176 cm³/mol. The first-order valence-corrected chi connectivity index (χ1v) is 14.3. The van der Waals surface area contributed by atoms with Crippen LogP contribution in [0.1, 0.15) is 33.4 Å². The van der Waals surface area contributed by atoms with Gasteiger partial charge in [-0.3, -0.25) is 0 Å². The highest BCUT2D eigenvalue weighted by Gasteiger charge is 2.20. The Morgan fingerprint density at radius 1 is 0.300 bits per heavy atom. The second-order valence-electron chi connectivity index (χ2n) is 11.7. The third kappa shape index (κ3) is 3.67.